The van der Waals surface area contributed by atoms with E-state index in [1.807, 2.05) is 43.3 Å². The van der Waals surface area contributed by atoms with Crippen molar-refractivity contribution in [1.29, 1.82) is 0 Å². The van der Waals surface area contributed by atoms with Crippen molar-refractivity contribution in [2.75, 3.05) is 18.6 Å². The minimum atomic E-state index is 0.565. The van der Waals surface area contributed by atoms with Crippen molar-refractivity contribution in [1.82, 2.24) is 0 Å². The van der Waals surface area contributed by atoms with E-state index >= 15 is 0 Å². The van der Waals surface area contributed by atoms with Gasteiger partial charge in [0.1, 0.15) is 0 Å². The van der Waals surface area contributed by atoms with Crippen LogP contribution in [0.15, 0.2) is 50.4 Å². The molecular formula is C18H20Br2N2O2. The maximum atomic E-state index is 5.82. The molecule has 4 nitrogen and oxygen atoms in total. The monoisotopic (exact) mass is 454 g/mol. The minimum absolute atomic E-state index is 0.565. The number of ether oxygens (including phenoxy) is 2. The van der Waals surface area contributed by atoms with Crippen molar-refractivity contribution >= 4 is 43.8 Å². The number of hydrazone groups is 1. The van der Waals surface area contributed by atoms with Crippen LogP contribution in [0.1, 0.15) is 25.8 Å². The molecule has 0 fully saturated rings. The lowest BCUT2D eigenvalue weighted by Crippen LogP contribution is -2.03. The van der Waals surface area contributed by atoms with Crippen molar-refractivity contribution in [3.8, 4) is 11.5 Å². The maximum Gasteiger partial charge on any atom is 0.176 e. The van der Waals surface area contributed by atoms with Gasteiger partial charge in [-0.1, -0.05) is 25.1 Å². The van der Waals surface area contributed by atoms with Gasteiger partial charge >= 0.3 is 0 Å². The molecule has 0 radical (unpaired) electrons. The highest BCUT2D eigenvalue weighted by Crippen LogP contribution is 2.42. The van der Waals surface area contributed by atoms with E-state index in [4.69, 9.17) is 9.47 Å². The largest absolute Gasteiger partial charge is 0.490 e. The summed E-state index contributed by atoms with van der Waals surface area (Å²) in [4.78, 5) is 0. The number of anilines is 1. The molecule has 0 saturated heterocycles. The molecule has 24 heavy (non-hydrogen) atoms. The molecule has 0 saturated carbocycles. The summed E-state index contributed by atoms with van der Waals surface area (Å²) >= 11 is 7.18. The van der Waals surface area contributed by atoms with Crippen LogP contribution in [0.4, 0.5) is 5.69 Å². The number of rotatable bonds is 8. The summed E-state index contributed by atoms with van der Waals surface area (Å²) in [5.74, 6) is 1.40. The topological polar surface area (TPSA) is 42.9 Å². The molecule has 0 aliphatic rings. The van der Waals surface area contributed by atoms with E-state index in [2.05, 4.69) is 49.3 Å². The molecule has 0 heterocycles. The van der Waals surface area contributed by atoms with Crippen molar-refractivity contribution in [3.05, 3.63) is 50.9 Å². The number of halogens is 2. The molecule has 0 atom stereocenters. The zero-order chi connectivity index (χ0) is 17.4. The summed E-state index contributed by atoms with van der Waals surface area (Å²) in [6, 6.07) is 11.7. The van der Waals surface area contributed by atoms with E-state index in [0.29, 0.717) is 24.7 Å². The van der Waals surface area contributed by atoms with E-state index in [-0.39, 0.29) is 0 Å². The van der Waals surface area contributed by atoms with Gasteiger partial charge in [0.15, 0.2) is 11.5 Å². The normalized spacial score (nSPS) is 10.8. The van der Waals surface area contributed by atoms with Gasteiger partial charge in [0.05, 0.1) is 29.6 Å². The number of nitrogens with one attached hydrogen (secondary N) is 1. The van der Waals surface area contributed by atoms with Crippen LogP contribution < -0.4 is 14.9 Å². The van der Waals surface area contributed by atoms with Crippen LogP contribution >= 0.6 is 31.9 Å². The zero-order valence-corrected chi connectivity index (χ0v) is 16.9. The number of para-hydroxylation sites is 1. The number of benzene rings is 2. The van der Waals surface area contributed by atoms with Crippen molar-refractivity contribution < 1.29 is 9.47 Å². The summed E-state index contributed by atoms with van der Waals surface area (Å²) in [5, 5.41) is 4.28. The molecule has 2 aromatic carbocycles. The van der Waals surface area contributed by atoms with Crippen LogP contribution in [-0.2, 0) is 0 Å². The SMILES string of the molecule is CCCOc1c(OCC)cc(C=NNc2ccccc2)c(Br)c1Br. The highest BCUT2D eigenvalue weighted by atomic mass is 79.9. The second kappa shape index (κ2) is 9.69. The average Bonchev–Trinajstić information content (AvgIpc) is 2.60. The van der Waals surface area contributed by atoms with E-state index in [1.165, 1.54) is 0 Å². The fraction of sp³-hybridized carbons (Fsp3) is 0.278. The third-order valence-electron chi connectivity index (χ3n) is 3.08. The predicted octanol–water partition coefficient (Wildman–Crippen LogP) is 5.85. The second-order valence-corrected chi connectivity index (χ2v) is 6.52. The Kier molecular flexibility index (Phi) is 7.59. The standard InChI is InChI=1S/C18H20Br2N2O2/c1-3-10-24-18-15(23-4-2)11-13(16(19)17(18)20)12-21-22-14-8-6-5-7-9-14/h5-9,11-12,22H,3-4,10H2,1-2H3. The smallest absolute Gasteiger partial charge is 0.176 e. The van der Waals surface area contributed by atoms with E-state index < -0.39 is 0 Å². The van der Waals surface area contributed by atoms with Gasteiger partial charge in [-0.05, 0) is 63.4 Å². The van der Waals surface area contributed by atoms with Crippen LogP contribution in [0.5, 0.6) is 11.5 Å². The Morgan fingerprint density at radius 1 is 1.08 bits per heavy atom. The van der Waals surface area contributed by atoms with Gasteiger partial charge in [-0.15, -0.1) is 0 Å². The molecule has 0 amide bonds. The van der Waals surface area contributed by atoms with Crippen molar-refractivity contribution in [2.45, 2.75) is 20.3 Å². The second-order valence-electron chi connectivity index (χ2n) is 4.94. The third kappa shape index (κ3) is 4.98. The predicted molar refractivity (Wildman–Crippen MR) is 106 cm³/mol. The highest BCUT2D eigenvalue weighted by molar-refractivity contribution is 9.13. The molecule has 0 bridgehead atoms. The van der Waals surface area contributed by atoms with Gasteiger partial charge < -0.3 is 9.47 Å². The minimum Gasteiger partial charge on any atom is -0.490 e. The number of hydrogen-bond acceptors (Lipinski definition) is 4. The lowest BCUT2D eigenvalue weighted by atomic mass is 10.2. The Labute approximate surface area is 159 Å². The molecule has 1 N–H and O–H groups in total. The van der Waals surface area contributed by atoms with E-state index in [9.17, 15) is 0 Å². The molecule has 0 spiro atoms. The fourth-order valence-corrected chi connectivity index (χ4v) is 2.92. The van der Waals surface area contributed by atoms with Gasteiger partial charge in [0.2, 0.25) is 0 Å². The van der Waals surface area contributed by atoms with E-state index in [1.54, 1.807) is 6.21 Å². The summed E-state index contributed by atoms with van der Waals surface area (Å²) in [6.07, 6.45) is 2.67. The molecule has 2 aromatic rings. The lowest BCUT2D eigenvalue weighted by molar-refractivity contribution is 0.275. The van der Waals surface area contributed by atoms with Crippen LogP contribution in [0.2, 0.25) is 0 Å². The van der Waals surface area contributed by atoms with E-state index in [0.717, 1.165) is 26.6 Å². The summed E-state index contributed by atoms with van der Waals surface area (Å²) in [7, 11) is 0. The molecular weight excluding hydrogens is 436 g/mol. The molecule has 0 unspecified atom stereocenters. The molecule has 128 valence electrons. The third-order valence-corrected chi connectivity index (χ3v) is 5.22. The molecule has 6 heteroatoms. The fourth-order valence-electron chi connectivity index (χ4n) is 1.99. The highest BCUT2D eigenvalue weighted by Gasteiger charge is 2.16. The Morgan fingerprint density at radius 2 is 1.83 bits per heavy atom. The van der Waals surface area contributed by atoms with Crippen LogP contribution in [0.3, 0.4) is 0 Å². The first-order valence-electron chi connectivity index (χ1n) is 7.79. The van der Waals surface area contributed by atoms with Crippen LogP contribution in [0, 0.1) is 0 Å². The molecule has 0 aliphatic heterocycles. The zero-order valence-electron chi connectivity index (χ0n) is 13.7. The van der Waals surface area contributed by atoms with Gasteiger partial charge in [-0.3, -0.25) is 5.43 Å². The first-order chi connectivity index (χ1) is 11.7. The van der Waals surface area contributed by atoms with Gasteiger partial charge in [-0.25, -0.2) is 0 Å². The number of nitrogens with zero attached hydrogens (tertiary/aromatic N) is 1. The van der Waals surface area contributed by atoms with Crippen LogP contribution in [0.25, 0.3) is 0 Å². The first-order valence-corrected chi connectivity index (χ1v) is 9.37. The Bertz CT molecular complexity index is 691. The Hall–Kier alpha value is -1.53. The summed E-state index contributed by atoms with van der Waals surface area (Å²) < 4.78 is 13.2. The summed E-state index contributed by atoms with van der Waals surface area (Å²) in [6.45, 7) is 5.22. The molecule has 0 aliphatic carbocycles. The first kappa shape index (κ1) is 18.8. The Morgan fingerprint density at radius 3 is 2.50 bits per heavy atom. The maximum absolute atomic E-state index is 5.82. The lowest BCUT2D eigenvalue weighted by Gasteiger charge is -2.15. The van der Waals surface area contributed by atoms with Gasteiger partial charge in [0.25, 0.3) is 0 Å². The molecule has 2 rings (SSSR count). The van der Waals surface area contributed by atoms with Gasteiger partial charge in [0, 0.05) is 10.0 Å². The Balaban J connectivity index is 2.26. The van der Waals surface area contributed by atoms with Crippen molar-refractivity contribution in [2.24, 2.45) is 5.10 Å². The van der Waals surface area contributed by atoms with Crippen molar-refractivity contribution in [3.63, 3.8) is 0 Å². The quantitative estimate of drug-likeness (QED) is 0.401. The number of hydrogen-bond donors (Lipinski definition) is 1. The molecule has 0 aromatic heterocycles. The van der Waals surface area contributed by atoms with Gasteiger partial charge in [-0.2, -0.15) is 5.10 Å². The summed E-state index contributed by atoms with van der Waals surface area (Å²) in [5.41, 5.74) is 4.82. The average molecular weight is 456 g/mol. The van der Waals surface area contributed by atoms with Crippen LogP contribution in [-0.4, -0.2) is 19.4 Å².